The second kappa shape index (κ2) is 7.23. The van der Waals surface area contributed by atoms with E-state index >= 15 is 0 Å². The lowest BCUT2D eigenvalue weighted by atomic mass is 9.93. The summed E-state index contributed by atoms with van der Waals surface area (Å²) < 4.78 is 0. The first-order valence-electron chi connectivity index (χ1n) is 8.33. The molecule has 2 amide bonds. The van der Waals surface area contributed by atoms with Gasteiger partial charge in [0, 0.05) is 11.4 Å². The van der Waals surface area contributed by atoms with Gasteiger partial charge in [-0.1, -0.05) is 13.0 Å². The number of amides is 2. The topological polar surface area (TPSA) is 88.3 Å². The Labute approximate surface area is 151 Å². The Kier molecular flexibility index (Phi) is 5.03. The average molecular weight is 358 g/mol. The summed E-state index contributed by atoms with van der Waals surface area (Å²) >= 11 is 1.62. The molecule has 0 bridgehead atoms. The number of nitrogen functional groups attached to an aromatic ring is 1. The van der Waals surface area contributed by atoms with Gasteiger partial charge in [0.1, 0.15) is 5.82 Å². The van der Waals surface area contributed by atoms with Crippen LogP contribution in [0, 0.1) is 12.8 Å². The second-order valence-corrected chi connectivity index (χ2v) is 7.53. The van der Waals surface area contributed by atoms with Gasteiger partial charge in [-0.15, -0.1) is 11.3 Å². The highest BCUT2D eigenvalue weighted by atomic mass is 32.1. The summed E-state index contributed by atoms with van der Waals surface area (Å²) in [6.07, 6.45) is 3.39. The van der Waals surface area contributed by atoms with Gasteiger partial charge in [0.15, 0.2) is 0 Å². The number of hydrogen-bond acceptors (Lipinski definition) is 5. The third-order valence-electron chi connectivity index (χ3n) is 4.52. The molecule has 7 heteroatoms. The number of piperidine rings is 1. The number of aromatic nitrogens is 1. The minimum Gasteiger partial charge on any atom is -0.383 e. The molecule has 2 aromatic rings. The van der Waals surface area contributed by atoms with E-state index in [2.05, 4.69) is 17.2 Å². The third kappa shape index (κ3) is 3.82. The predicted octanol–water partition coefficient (Wildman–Crippen LogP) is 2.97. The maximum Gasteiger partial charge on any atom is 0.313 e. The number of nitrogens with zero attached hydrogens (tertiary/aromatic N) is 2. The van der Waals surface area contributed by atoms with Gasteiger partial charge in [-0.3, -0.25) is 9.59 Å². The number of pyridine rings is 1. The Morgan fingerprint density at radius 2 is 2.20 bits per heavy atom. The lowest BCUT2D eigenvalue weighted by molar-refractivity contribution is -0.146. The average Bonchev–Trinajstić information content (AvgIpc) is 3.11. The van der Waals surface area contributed by atoms with Crippen LogP contribution in [-0.2, 0) is 9.59 Å². The first-order chi connectivity index (χ1) is 12.0. The monoisotopic (exact) mass is 358 g/mol. The quantitative estimate of drug-likeness (QED) is 0.808. The van der Waals surface area contributed by atoms with Crippen molar-refractivity contribution in [3.63, 3.8) is 0 Å². The highest BCUT2D eigenvalue weighted by molar-refractivity contribution is 7.10. The number of carbonyl (C=O) groups excluding carboxylic acids is 2. The van der Waals surface area contributed by atoms with Crippen molar-refractivity contribution in [2.45, 2.75) is 32.7 Å². The van der Waals surface area contributed by atoms with Crippen LogP contribution in [0.2, 0.25) is 0 Å². The molecular formula is C18H22N4O2S. The van der Waals surface area contributed by atoms with Crippen LogP contribution in [0.4, 0.5) is 11.5 Å². The normalized spacial score (nSPS) is 20.3. The van der Waals surface area contributed by atoms with Crippen LogP contribution in [0.1, 0.15) is 36.2 Å². The van der Waals surface area contributed by atoms with E-state index in [-0.39, 0.29) is 6.04 Å². The molecule has 3 N–H and O–H groups in total. The fourth-order valence-electron chi connectivity index (χ4n) is 3.12. The summed E-state index contributed by atoms with van der Waals surface area (Å²) in [5, 5.41) is 4.64. The highest BCUT2D eigenvalue weighted by Crippen LogP contribution is 2.35. The standard InChI is InChI=1S/C18H22N4O2S/c1-11-5-6-14(15-4-3-7-25-15)22(10-11)18(24)17(23)21-13-8-12(2)16(19)20-9-13/h3-4,7-9,11,14H,5-6,10H2,1-2H3,(H2,19,20)(H,21,23)/t11-,14?/m0/s1. The molecule has 1 aliphatic rings. The van der Waals surface area contributed by atoms with Crippen LogP contribution in [0.3, 0.4) is 0 Å². The Morgan fingerprint density at radius 3 is 2.88 bits per heavy atom. The van der Waals surface area contributed by atoms with E-state index in [9.17, 15) is 9.59 Å². The van der Waals surface area contributed by atoms with Crippen LogP contribution < -0.4 is 11.1 Å². The number of anilines is 2. The van der Waals surface area contributed by atoms with E-state index in [4.69, 9.17) is 5.73 Å². The molecule has 0 saturated carbocycles. The number of nitrogens with two attached hydrogens (primary N) is 1. The summed E-state index contributed by atoms with van der Waals surface area (Å²) in [5.41, 5.74) is 6.92. The molecule has 1 fully saturated rings. The zero-order valence-electron chi connectivity index (χ0n) is 14.4. The molecule has 132 valence electrons. The summed E-state index contributed by atoms with van der Waals surface area (Å²) in [6.45, 7) is 4.50. The number of aryl methyl sites for hydroxylation is 1. The molecule has 1 unspecified atom stereocenters. The van der Waals surface area contributed by atoms with E-state index in [1.54, 1.807) is 29.2 Å². The van der Waals surface area contributed by atoms with Crippen LogP contribution in [0.5, 0.6) is 0 Å². The largest absolute Gasteiger partial charge is 0.383 e. The van der Waals surface area contributed by atoms with Gasteiger partial charge >= 0.3 is 11.8 Å². The number of rotatable bonds is 2. The molecule has 2 atom stereocenters. The molecule has 6 nitrogen and oxygen atoms in total. The van der Waals surface area contributed by atoms with Crippen molar-refractivity contribution in [2.24, 2.45) is 5.92 Å². The SMILES string of the molecule is Cc1cc(NC(=O)C(=O)N2C[C@@H](C)CCC2c2cccs2)cnc1N. The summed E-state index contributed by atoms with van der Waals surface area (Å²) in [6, 6.07) is 5.68. The molecule has 25 heavy (non-hydrogen) atoms. The van der Waals surface area contributed by atoms with Crippen molar-refractivity contribution in [1.82, 2.24) is 9.88 Å². The van der Waals surface area contributed by atoms with Crippen LogP contribution in [0.25, 0.3) is 0 Å². The fourth-order valence-corrected chi connectivity index (χ4v) is 4.00. The minimum atomic E-state index is -0.637. The Hall–Kier alpha value is -2.41. The lowest BCUT2D eigenvalue weighted by Crippen LogP contribution is -2.46. The second-order valence-electron chi connectivity index (χ2n) is 6.55. The predicted molar refractivity (Wildman–Crippen MR) is 99.2 cm³/mol. The smallest absolute Gasteiger partial charge is 0.313 e. The van der Waals surface area contributed by atoms with E-state index < -0.39 is 11.8 Å². The maximum absolute atomic E-state index is 12.8. The van der Waals surface area contributed by atoms with E-state index in [1.165, 1.54) is 6.20 Å². The lowest BCUT2D eigenvalue weighted by Gasteiger charge is -2.37. The van der Waals surface area contributed by atoms with Crippen LogP contribution in [-0.4, -0.2) is 28.2 Å². The van der Waals surface area contributed by atoms with Gasteiger partial charge in [0.05, 0.1) is 17.9 Å². The maximum atomic E-state index is 12.8. The zero-order valence-corrected chi connectivity index (χ0v) is 15.2. The van der Waals surface area contributed by atoms with Crippen molar-refractivity contribution >= 4 is 34.7 Å². The van der Waals surface area contributed by atoms with Gasteiger partial charge in [-0.2, -0.15) is 0 Å². The number of hydrogen-bond donors (Lipinski definition) is 2. The first-order valence-corrected chi connectivity index (χ1v) is 9.21. The van der Waals surface area contributed by atoms with Crippen LogP contribution >= 0.6 is 11.3 Å². The van der Waals surface area contributed by atoms with Gasteiger partial charge in [-0.25, -0.2) is 4.98 Å². The Morgan fingerprint density at radius 1 is 1.40 bits per heavy atom. The van der Waals surface area contributed by atoms with Crippen molar-refractivity contribution < 1.29 is 9.59 Å². The molecule has 0 aromatic carbocycles. The van der Waals surface area contributed by atoms with Crippen molar-refractivity contribution in [3.8, 4) is 0 Å². The molecular weight excluding hydrogens is 336 g/mol. The van der Waals surface area contributed by atoms with E-state index in [0.29, 0.717) is 24.0 Å². The molecule has 1 aliphatic heterocycles. The number of thiophene rings is 1. The molecule has 3 rings (SSSR count). The third-order valence-corrected chi connectivity index (χ3v) is 5.49. The van der Waals surface area contributed by atoms with Crippen molar-refractivity contribution in [1.29, 1.82) is 0 Å². The Bertz CT molecular complexity index is 775. The molecule has 1 saturated heterocycles. The fraction of sp³-hybridized carbons (Fsp3) is 0.389. The summed E-state index contributed by atoms with van der Waals surface area (Å²) in [7, 11) is 0. The van der Waals surface area contributed by atoms with Gasteiger partial charge in [-0.05, 0) is 48.8 Å². The van der Waals surface area contributed by atoms with Crippen LogP contribution in [0.15, 0.2) is 29.8 Å². The van der Waals surface area contributed by atoms with Gasteiger partial charge < -0.3 is 16.0 Å². The van der Waals surface area contributed by atoms with Gasteiger partial charge in [0.2, 0.25) is 0 Å². The van der Waals surface area contributed by atoms with E-state index in [1.807, 2.05) is 17.5 Å². The molecule has 0 aliphatic carbocycles. The number of nitrogens with one attached hydrogen (secondary N) is 1. The minimum absolute atomic E-state index is 0.0271. The first kappa shape index (κ1) is 17.4. The molecule has 2 aromatic heterocycles. The Balaban J connectivity index is 1.76. The summed E-state index contributed by atoms with van der Waals surface area (Å²) in [5.74, 6) is -0.346. The van der Waals surface area contributed by atoms with Gasteiger partial charge in [0.25, 0.3) is 0 Å². The highest BCUT2D eigenvalue weighted by Gasteiger charge is 2.34. The van der Waals surface area contributed by atoms with E-state index in [0.717, 1.165) is 23.3 Å². The number of carbonyl (C=O) groups is 2. The van der Waals surface area contributed by atoms with Crippen molar-refractivity contribution in [3.05, 3.63) is 40.2 Å². The molecule has 3 heterocycles. The summed E-state index contributed by atoms with van der Waals surface area (Å²) in [4.78, 5) is 32.1. The van der Waals surface area contributed by atoms with Crippen molar-refractivity contribution in [2.75, 3.05) is 17.6 Å². The number of likely N-dealkylation sites (tertiary alicyclic amines) is 1. The zero-order chi connectivity index (χ0) is 18.0. The molecule has 0 spiro atoms. The molecule has 0 radical (unpaired) electrons.